The summed E-state index contributed by atoms with van der Waals surface area (Å²) in [5.41, 5.74) is 6.44. The molecular weight excluding hydrogens is 246 g/mol. The normalized spacial score (nSPS) is 10.8. The third-order valence-electron chi connectivity index (χ3n) is 2.48. The van der Waals surface area contributed by atoms with Crippen molar-refractivity contribution in [2.75, 3.05) is 0 Å². The van der Waals surface area contributed by atoms with Crippen LogP contribution in [0.5, 0.6) is 0 Å². The van der Waals surface area contributed by atoms with Crippen molar-refractivity contribution < 1.29 is 8.94 Å². The Kier molecular flexibility index (Phi) is 2.81. The first-order valence-electron chi connectivity index (χ1n) is 5.68. The molecule has 3 heterocycles. The van der Waals surface area contributed by atoms with Crippen molar-refractivity contribution in [2.24, 2.45) is 5.73 Å². The Morgan fingerprint density at radius 3 is 2.63 bits per heavy atom. The fourth-order valence-electron chi connectivity index (χ4n) is 1.53. The van der Waals surface area contributed by atoms with E-state index in [-0.39, 0.29) is 5.89 Å². The van der Waals surface area contributed by atoms with Crippen LogP contribution in [0.3, 0.4) is 0 Å². The Morgan fingerprint density at radius 1 is 1.16 bits per heavy atom. The van der Waals surface area contributed by atoms with Gasteiger partial charge < -0.3 is 14.7 Å². The SMILES string of the molecule is Cc1cnc(-c2noc(-c3ccc(CN)o3)n2)nc1. The molecule has 0 aromatic carbocycles. The Balaban J connectivity index is 1.92. The van der Waals surface area contributed by atoms with Gasteiger partial charge in [0, 0.05) is 12.4 Å². The lowest BCUT2D eigenvalue weighted by atomic mass is 10.4. The molecule has 3 aromatic heterocycles. The van der Waals surface area contributed by atoms with E-state index in [1.807, 2.05) is 6.92 Å². The molecule has 0 radical (unpaired) electrons. The van der Waals surface area contributed by atoms with Gasteiger partial charge in [0.1, 0.15) is 5.76 Å². The zero-order valence-electron chi connectivity index (χ0n) is 10.2. The van der Waals surface area contributed by atoms with Crippen LogP contribution < -0.4 is 5.73 Å². The van der Waals surface area contributed by atoms with Gasteiger partial charge in [-0.1, -0.05) is 5.16 Å². The monoisotopic (exact) mass is 257 g/mol. The van der Waals surface area contributed by atoms with Crippen molar-refractivity contribution >= 4 is 0 Å². The van der Waals surface area contributed by atoms with E-state index in [2.05, 4.69) is 20.1 Å². The van der Waals surface area contributed by atoms with Crippen LogP contribution in [0.4, 0.5) is 0 Å². The van der Waals surface area contributed by atoms with Crippen molar-refractivity contribution in [2.45, 2.75) is 13.5 Å². The molecule has 0 aliphatic rings. The molecule has 3 aromatic rings. The van der Waals surface area contributed by atoms with E-state index in [4.69, 9.17) is 14.7 Å². The minimum Gasteiger partial charge on any atom is -0.455 e. The number of hydrogen-bond acceptors (Lipinski definition) is 7. The summed E-state index contributed by atoms with van der Waals surface area (Å²) >= 11 is 0. The van der Waals surface area contributed by atoms with Gasteiger partial charge >= 0.3 is 0 Å². The maximum atomic E-state index is 5.47. The Hall–Kier alpha value is -2.54. The van der Waals surface area contributed by atoms with Crippen molar-refractivity contribution in [3.05, 3.63) is 35.9 Å². The standard InChI is InChI=1S/C12H11N5O2/c1-7-5-14-10(15-6-7)11-16-12(19-17-11)9-3-2-8(4-13)18-9/h2-3,5-6H,4,13H2,1H3. The van der Waals surface area contributed by atoms with E-state index < -0.39 is 0 Å². The molecule has 0 unspecified atom stereocenters. The average molecular weight is 257 g/mol. The predicted molar refractivity (Wildman–Crippen MR) is 65.7 cm³/mol. The summed E-state index contributed by atoms with van der Waals surface area (Å²) in [6.45, 7) is 2.23. The van der Waals surface area contributed by atoms with E-state index in [9.17, 15) is 0 Å². The lowest BCUT2D eigenvalue weighted by Gasteiger charge is -1.92. The summed E-state index contributed by atoms with van der Waals surface area (Å²) in [4.78, 5) is 12.5. The molecule has 0 atom stereocenters. The summed E-state index contributed by atoms with van der Waals surface area (Å²) in [5, 5.41) is 3.83. The first-order chi connectivity index (χ1) is 9.26. The molecule has 0 bridgehead atoms. The highest BCUT2D eigenvalue weighted by Crippen LogP contribution is 2.22. The molecule has 0 aliphatic heterocycles. The van der Waals surface area contributed by atoms with E-state index in [1.54, 1.807) is 24.5 Å². The molecule has 7 heteroatoms. The van der Waals surface area contributed by atoms with Gasteiger partial charge in [0.15, 0.2) is 5.76 Å². The fourth-order valence-corrected chi connectivity index (χ4v) is 1.53. The van der Waals surface area contributed by atoms with Crippen LogP contribution in [0.2, 0.25) is 0 Å². The van der Waals surface area contributed by atoms with Crippen molar-refractivity contribution in [3.8, 4) is 23.3 Å². The van der Waals surface area contributed by atoms with Gasteiger partial charge in [-0.3, -0.25) is 0 Å². The second kappa shape index (κ2) is 4.62. The minimum atomic E-state index is 0.277. The Labute approximate surface area is 108 Å². The predicted octanol–water partition coefficient (Wildman–Crippen LogP) is 1.55. The van der Waals surface area contributed by atoms with Crippen LogP contribution in [-0.2, 0) is 6.54 Å². The van der Waals surface area contributed by atoms with Gasteiger partial charge in [0.2, 0.25) is 11.6 Å². The van der Waals surface area contributed by atoms with E-state index >= 15 is 0 Å². The highest BCUT2D eigenvalue weighted by atomic mass is 16.5. The molecular formula is C12H11N5O2. The molecule has 0 spiro atoms. The minimum absolute atomic E-state index is 0.277. The Morgan fingerprint density at radius 2 is 1.95 bits per heavy atom. The summed E-state index contributed by atoms with van der Waals surface area (Å²) in [6, 6.07) is 3.50. The highest BCUT2D eigenvalue weighted by Gasteiger charge is 2.15. The summed E-state index contributed by atoms with van der Waals surface area (Å²) in [7, 11) is 0. The van der Waals surface area contributed by atoms with Crippen molar-refractivity contribution in [3.63, 3.8) is 0 Å². The van der Waals surface area contributed by atoms with E-state index in [1.165, 1.54) is 0 Å². The number of nitrogens with zero attached hydrogens (tertiary/aromatic N) is 4. The second-order valence-electron chi connectivity index (χ2n) is 3.98. The largest absolute Gasteiger partial charge is 0.455 e. The number of aryl methyl sites for hydroxylation is 1. The van der Waals surface area contributed by atoms with Gasteiger partial charge in [-0.15, -0.1) is 0 Å². The maximum Gasteiger partial charge on any atom is 0.294 e. The third kappa shape index (κ3) is 2.23. The molecule has 0 saturated carbocycles. The van der Waals surface area contributed by atoms with Crippen LogP contribution in [0.25, 0.3) is 23.3 Å². The lowest BCUT2D eigenvalue weighted by Crippen LogP contribution is -1.92. The number of aromatic nitrogens is 4. The third-order valence-corrected chi connectivity index (χ3v) is 2.48. The first-order valence-corrected chi connectivity index (χ1v) is 5.68. The molecule has 7 nitrogen and oxygen atoms in total. The van der Waals surface area contributed by atoms with E-state index in [0.29, 0.717) is 29.7 Å². The van der Waals surface area contributed by atoms with Crippen LogP contribution in [0, 0.1) is 6.92 Å². The van der Waals surface area contributed by atoms with Crippen LogP contribution in [-0.4, -0.2) is 20.1 Å². The van der Waals surface area contributed by atoms with Gasteiger partial charge in [-0.2, -0.15) is 4.98 Å². The summed E-state index contributed by atoms with van der Waals surface area (Å²) in [6.07, 6.45) is 3.38. The fraction of sp³-hybridized carbons (Fsp3) is 0.167. The van der Waals surface area contributed by atoms with Crippen LogP contribution in [0.1, 0.15) is 11.3 Å². The molecule has 3 rings (SSSR count). The average Bonchev–Trinajstić information content (AvgIpc) is 3.08. The Bertz CT molecular complexity index is 686. The van der Waals surface area contributed by atoms with E-state index in [0.717, 1.165) is 5.56 Å². The maximum absolute atomic E-state index is 5.47. The topological polar surface area (TPSA) is 104 Å². The van der Waals surface area contributed by atoms with Crippen LogP contribution >= 0.6 is 0 Å². The van der Waals surface area contributed by atoms with Gasteiger partial charge in [0.25, 0.3) is 5.89 Å². The molecule has 0 amide bonds. The van der Waals surface area contributed by atoms with Crippen molar-refractivity contribution in [1.29, 1.82) is 0 Å². The quantitative estimate of drug-likeness (QED) is 0.759. The summed E-state index contributed by atoms with van der Waals surface area (Å²) in [5.74, 6) is 2.14. The first kappa shape index (κ1) is 11.5. The number of nitrogens with two attached hydrogens (primary N) is 1. The second-order valence-corrected chi connectivity index (χ2v) is 3.98. The molecule has 0 aliphatic carbocycles. The van der Waals surface area contributed by atoms with Gasteiger partial charge in [-0.25, -0.2) is 9.97 Å². The van der Waals surface area contributed by atoms with Crippen molar-refractivity contribution in [1.82, 2.24) is 20.1 Å². The smallest absolute Gasteiger partial charge is 0.294 e. The summed E-state index contributed by atoms with van der Waals surface area (Å²) < 4.78 is 10.5. The molecule has 96 valence electrons. The molecule has 19 heavy (non-hydrogen) atoms. The van der Waals surface area contributed by atoms with Gasteiger partial charge in [0.05, 0.1) is 6.54 Å². The number of rotatable bonds is 3. The molecule has 2 N–H and O–H groups in total. The van der Waals surface area contributed by atoms with Crippen LogP contribution in [0.15, 0.2) is 33.5 Å². The van der Waals surface area contributed by atoms with Gasteiger partial charge in [-0.05, 0) is 24.6 Å². The number of hydrogen-bond donors (Lipinski definition) is 1. The molecule has 0 saturated heterocycles. The molecule has 0 fully saturated rings. The zero-order valence-corrected chi connectivity index (χ0v) is 10.2. The zero-order chi connectivity index (χ0) is 13.2. The number of furan rings is 1. The highest BCUT2D eigenvalue weighted by molar-refractivity contribution is 5.50. The lowest BCUT2D eigenvalue weighted by molar-refractivity contribution is 0.411.